The first-order valence-electron chi connectivity index (χ1n) is 6.58. The highest BCUT2D eigenvalue weighted by Crippen LogP contribution is 2.20. The molecule has 1 aromatic heterocycles. The van der Waals surface area contributed by atoms with Crippen LogP contribution in [0, 0.1) is 0 Å². The molecule has 1 aliphatic rings. The van der Waals surface area contributed by atoms with E-state index in [4.69, 9.17) is 16.2 Å². The molecular formula is C13H20N4O2. The zero-order valence-electron chi connectivity index (χ0n) is 10.9. The topological polar surface area (TPSA) is 103 Å². The number of anilines is 2. The molecule has 0 unspecified atom stereocenters. The zero-order valence-corrected chi connectivity index (χ0v) is 10.9. The summed E-state index contributed by atoms with van der Waals surface area (Å²) in [5.41, 5.74) is 11.6. The summed E-state index contributed by atoms with van der Waals surface area (Å²) < 4.78 is 5.72. The molecule has 1 aliphatic carbocycles. The summed E-state index contributed by atoms with van der Waals surface area (Å²) in [5.74, 6) is -0.0865. The Morgan fingerprint density at radius 2 is 2.16 bits per heavy atom. The van der Waals surface area contributed by atoms with Crippen LogP contribution in [0.15, 0.2) is 12.1 Å². The van der Waals surface area contributed by atoms with Gasteiger partial charge in [0.1, 0.15) is 11.5 Å². The Morgan fingerprint density at radius 1 is 1.42 bits per heavy atom. The van der Waals surface area contributed by atoms with Crippen LogP contribution in [0.1, 0.15) is 36.2 Å². The fourth-order valence-electron chi connectivity index (χ4n) is 2.20. The largest absolute Gasteiger partial charge is 0.396 e. The molecule has 0 saturated heterocycles. The van der Waals surface area contributed by atoms with Crippen molar-refractivity contribution in [3.8, 4) is 0 Å². The molecule has 2 rings (SSSR count). The fourth-order valence-corrected chi connectivity index (χ4v) is 2.20. The molecule has 0 radical (unpaired) electrons. The maximum atomic E-state index is 11.0. The quantitative estimate of drug-likeness (QED) is 0.668. The van der Waals surface area contributed by atoms with E-state index in [0.717, 1.165) is 12.8 Å². The van der Waals surface area contributed by atoms with Gasteiger partial charge >= 0.3 is 0 Å². The van der Waals surface area contributed by atoms with E-state index in [1.165, 1.54) is 18.9 Å². The van der Waals surface area contributed by atoms with Gasteiger partial charge < -0.3 is 21.5 Å². The van der Waals surface area contributed by atoms with E-state index in [9.17, 15) is 4.79 Å². The molecule has 1 fully saturated rings. The van der Waals surface area contributed by atoms with Crippen molar-refractivity contribution < 1.29 is 9.53 Å². The van der Waals surface area contributed by atoms with Crippen LogP contribution in [0.2, 0.25) is 0 Å². The van der Waals surface area contributed by atoms with Gasteiger partial charge in [-0.2, -0.15) is 0 Å². The summed E-state index contributed by atoms with van der Waals surface area (Å²) in [6, 6.07) is 3.13. The maximum Gasteiger partial charge on any atom is 0.267 e. The van der Waals surface area contributed by atoms with Crippen LogP contribution in [-0.2, 0) is 4.74 Å². The molecule has 0 aliphatic heterocycles. The molecule has 5 N–H and O–H groups in total. The third-order valence-electron chi connectivity index (χ3n) is 3.23. The van der Waals surface area contributed by atoms with Gasteiger partial charge in [-0.1, -0.05) is 12.8 Å². The molecule has 0 bridgehead atoms. The van der Waals surface area contributed by atoms with Gasteiger partial charge in [-0.05, 0) is 25.0 Å². The summed E-state index contributed by atoms with van der Waals surface area (Å²) in [4.78, 5) is 15.1. The molecule has 1 amide bonds. The zero-order chi connectivity index (χ0) is 13.7. The monoisotopic (exact) mass is 264 g/mol. The first-order valence-corrected chi connectivity index (χ1v) is 6.58. The molecule has 104 valence electrons. The van der Waals surface area contributed by atoms with Crippen LogP contribution < -0.4 is 16.8 Å². The minimum atomic E-state index is -0.565. The van der Waals surface area contributed by atoms with Gasteiger partial charge in [0.15, 0.2) is 0 Å². The highest BCUT2D eigenvalue weighted by molar-refractivity contribution is 5.91. The number of rotatable bonds is 6. The van der Waals surface area contributed by atoms with Gasteiger partial charge in [-0.3, -0.25) is 4.79 Å². The first-order chi connectivity index (χ1) is 9.16. The van der Waals surface area contributed by atoms with Crippen LogP contribution in [-0.4, -0.2) is 30.1 Å². The molecule has 19 heavy (non-hydrogen) atoms. The van der Waals surface area contributed by atoms with E-state index in [2.05, 4.69) is 10.3 Å². The number of nitrogens with two attached hydrogens (primary N) is 2. The molecule has 6 nitrogen and oxygen atoms in total. The van der Waals surface area contributed by atoms with Crippen LogP contribution in [0.3, 0.4) is 0 Å². The highest BCUT2D eigenvalue weighted by Gasteiger charge is 2.14. The summed E-state index contributed by atoms with van der Waals surface area (Å²) in [5, 5.41) is 3.06. The van der Waals surface area contributed by atoms with E-state index < -0.39 is 5.91 Å². The second kappa shape index (κ2) is 6.38. The van der Waals surface area contributed by atoms with Crippen molar-refractivity contribution >= 4 is 17.4 Å². The third-order valence-corrected chi connectivity index (χ3v) is 3.23. The van der Waals surface area contributed by atoms with Gasteiger partial charge in [0, 0.05) is 6.54 Å². The molecule has 1 heterocycles. The van der Waals surface area contributed by atoms with E-state index in [1.54, 1.807) is 6.07 Å². The Labute approximate surface area is 112 Å². The summed E-state index contributed by atoms with van der Waals surface area (Å²) in [7, 11) is 0. The average molecular weight is 264 g/mol. The number of nitrogens with zero attached hydrogens (tertiary/aromatic N) is 1. The van der Waals surface area contributed by atoms with Crippen molar-refractivity contribution in [2.45, 2.75) is 31.8 Å². The van der Waals surface area contributed by atoms with E-state index in [0.29, 0.717) is 30.8 Å². The second-order valence-corrected chi connectivity index (χ2v) is 4.70. The number of carbonyl (C=O) groups excluding carboxylic acids is 1. The number of hydrogen-bond donors (Lipinski definition) is 3. The molecule has 0 spiro atoms. The number of carbonyl (C=O) groups is 1. The number of amides is 1. The van der Waals surface area contributed by atoms with Crippen LogP contribution in [0.25, 0.3) is 0 Å². The average Bonchev–Trinajstić information content (AvgIpc) is 2.89. The van der Waals surface area contributed by atoms with Crippen molar-refractivity contribution in [1.29, 1.82) is 0 Å². The van der Waals surface area contributed by atoms with Crippen molar-refractivity contribution in [2.75, 3.05) is 24.2 Å². The number of hydrogen-bond acceptors (Lipinski definition) is 5. The van der Waals surface area contributed by atoms with Gasteiger partial charge in [-0.25, -0.2) is 4.98 Å². The smallest absolute Gasteiger partial charge is 0.267 e. The standard InChI is InChI=1S/C13H20N4O2/c14-10-5-6-11(12(15)18)17-13(10)16-7-8-19-9-3-1-2-4-9/h5-6,9H,1-4,7-8,14H2,(H2,15,18)(H,16,17). The van der Waals surface area contributed by atoms with Crippen LogP contribution >= 0.6 is 0 Å². The predicted molar refractivity (Wildman–Crippen MR) is 73.9 cm³/mol. The highest BCUT2D eigenvalue weighted by atomic mass is 16.5. The SMILES string of the molecule is NC(=O)c1ccc(N)c(NCCOC2CCCC2)n1. The van der Waals surface area contributed by atoms with Crippen LogP contribution in [0.4, 0.5) is 11.5 Å². The van der Waals surface area contributed by atoms with Gasteiger partial charge in [0.25, 0.3) is 5.91 Å². The Hall–Kier alpha value is -1.82. The number of nitrogens with one attached hydrogen (secondary N) is 1. The Balaban J connectivity index is 1.81. The molecule has 0 aromatic carbocycles. The Bertz CT molecular complexity index is 444. The lowest BCUT2D eigenvalue weighted by Crippen LogP contribution is -2.18. The minimum absolute atomic E-state index is 0.202. The number of pyridine rings is 1. The molecule has 6 heteroatoms. The predicted octanol–water partition coefficient (Wildman–Crippen LogP) is 1.13. The van der Waals surface area contributed by atoms with E-state index in [-0.39, 0.29) is 5.69 Å². The summed E-state index contributed by atoms with van der Waals surface area (Å²) >= 11 is 0. The summed E-state index contributed by atoms with van der Waals surface area (Å²) in [6.45, 7) is 1.21. The van der Waals surface area contributed by atoms with Crippen molar-refractivity contribution in [3.05, 3.63) is 17.8 Å². The van der Waals surface area contributed by atoms with Crippen molar-refractivity contribution in [3.63, 3.8) is 0 Å². The molecule has 0 atom stereocenters. The van der Waals surface area contributed by atoms with Crippen molar-refractivity contribution in [1.82, 2.24) is 4.98 Å². The maximum absolute atomic E-state index is 11.0. The number of primary amides is 1. The van der Waals surface area contributed by atoms with Crippen LogP contribution in [0.5, 0.6) is 0 Å². The van der Waals surface area contributed by atoms with Gasteiger partial charge in [0.05, 0.1) is 18.4 Å². The van der Waals surface area contributed by atoms with Gasteiger partial charge in [-0.15, -0.1) is 0 Å². The molecule has 1 saturated carbocycles. The van der Waals surface area contributed by atoms with E-state index in [1.807, 2.05) is 0 Å². The lowest BCUT2D eigenvalue weighted by Gasteiger charge is -2.13. The number of ether oxygens (including phenoxy) is 1. The normalized spacial score (nSPS) is 15.6. The lowest BCUT2D eigenvalue weighted by atomic mass is 10.3. The molecule has 1 aromatic rings. The van der Waals surface area contributed by atoms with Crippen molar-refractivity contribution in [2.24, 2.45) is 5.73 Å². The number of nitrogen functional groups attached to an aromatic ring is 1. The lowest BCUT2D eigenvalue weighted by molar-refractivity contribution is 0.0659. The summed E-state index contributed by atoms with van der Waals surface area (Å²) in [6.07, 6.45) is 5.21. The molecular weight excluding hydrogens is 244 g/mol. The number of aromatic nitrogens is 1. The third kappa shape index (κ3) is 3.82. The van der Waals surface area contributed by atoms with E-state index >= 15 is 0 Å². The second-order valence-electron chi connectivity index (χ2n) is 4.70. The Morgan fingerprint density at radius 3 is 2.84 bits per heavy atom. The Kier molecular flexibility index (Phi) is 4.57. The first kappa shape index (κ1) is 13.6. The van der Waals surface area contributed by atoms with Gasteiger partial charge in [0.2, 0.25) is 0 Å². The minimum Gasteiger partial charge on any atom is -0.396 e. The fraction of sp³-hybridized carbons (Fsp3) is 0.538.